The molecule has 1 saturated heterocycles. The maximum atomic E-state index is 11.3. The SMILES string of the molecule is CNCC1CCN(CC(=O)NCC#N)C1. The number of rotatable bonds is 5. The van der Waals surface area contributed by atoms with Gasteiger partial charge in [0.15, 0.2) is 0 Å². The maximum Gasteiger partial charge on any atom is 0.235 e. The van der Waals surface area contributed by atoms with E-state index in [9.17, 15) is 4.79 Å². The molecule has 1 unspecified atom stereocenters. The molecule has 1 fully saturated rings. The first-order valence-corrected chi connectivity index (χ1v) is 5.27. The van der Waals surface area contributed by atoms with Crippen LogP contribution in [-0.2, 0) is 4.79 Å². The van der Waals surface area contributed by atoms with Crippen LogP contribution in [0.4, 0.5) is 0 Å². The third-order valence-electron chi connectivity index (χ3n) is 2.59. The van der Waals surface area contributed by atoms with Gasteiger partial charge < -0.3 is 10.6 Å². The summed E-state index contributed by atoms with van der Waals surface area (Å²) in [5, 5.41) is 14.0. The summed E-state index contributed by atoms with van der Waals surface area (Å²) in [7, 11) is 1.95. The summed E-state index contributed by atoms with van der Waals surface area (Å²) in [6.45, 7) is 3.48. The number of amides is 1. The Kier molecular flexibility index (Phi) is 5.08. The van der Waals surface area contributed by atoms with E-state index in [1.54, 1.807) is 0 Å². The molecule has 0 bridgehead atoms. The zero-order valence-electron chi connectivity index (χ0n) is 9.12. The second-order valence-electron chi connectivity index (χ2n) is 3.88. The van der Waals surface area contributed by atoms with Gasteiger partial charge >= 0.3 is 0 Å². The van der Waals surface area contributed by atoms with Crippen molar-refractivity contribution in [3.63, 3.8) is 0 Å². The monoisotopic (exact) mass is 210 g/mol. The number of hydrogen-bond acceptors (Lipinski definition) is 4. The molecular weight excluding hydrogens is 192 g/mol. The highest BCUT2D eigenvalue weighted by Gasteiger charge is 2.22. The number of likely N-dealkylation sites (tertiary alicyclic amines) is 1. The molecule has 1 aliphatic heterocycles. The summed E-state index contributed by atoms with van der Waals surface area (Å²) in [6, 6.07) is 1.89. The molecule has 5 heteroatoms. The van der Waals surface area contributed by atoms with E-state index in [4.69, 9.17) is 5.26 Å². The number of nitrogens with one attached hydrogen (secondary N) is 2. The van der Waals surface area contributed by atoms with Crippen LogP contribution >= 0.6 is 0 Å². The lowest BCUT2D eigenvalue weighted by molar-refractivity contribution is -0.121. The minimum Gasteiger partial charge on any atom is -0.342 e. The lowest BCUT2D eigenvalue weighted by Crippen LogP contribution is -2.36. The topological polar surface area (TPSA) is 68.2 Å². The minimum atomic E-state index is -0.0540. The van der Waals surface area contributed by atoms with Gasteiger partial charge in [0, 0.05) is 6.54 Å². The second kappa shape index (κ2) is 6.38. The third-order valence-corrected chi connectivity index (χ3v) is 2.59. The van der Waals surface area contributed by atoms with Gasteiger partial charge in [-0.05, 0) is 32.5 Å². The van der Waals surface area contributed by atoms with Gasteiger partial charge in [-0.1, -0.05) is 0 Å². The first-order chi connectivity index (χ1) is 7.26. The van der Waals surface area contributed by atoms with Crippen LogP contribution in [0, 0.1) is 17.2 Å². The van der Waals surface area contributed by atoms with Crippen molar-refractivity contribution in [2.24, 2.45) is 5.92 Å². The molecule has 0 radical (unpaired) electrons. The predicted molar refractivity (Wildman–Crippen MR) is 57.1 cm³/mol. The molecule has 2 N–H and O–H groups in total. The molecule has 1 atom stereocenters. The highest BCUT2D eigenvalue weighted by molar-refractivity contribution is 5.78. The molecule has 0 spiro atoms. The lowest BCUT2D eigenvalue weighted by Gasteiger charge is -2.14. The van der Waals surface area contributed by atoms with Crippen molar-refractivity contribution in [2.75, 3.05) is 39.8 Å². The summed E-state index contributed by atoms with van der Waals surface area (Å²) >= 11 is 0. The van der Waals surface area contributed by atoms with Gasteiger partial charge in [0.1, 0.15) is 6.54 Å². The van der Waals surface area contributed by atoms with Gasteiger partial charge in [0.25, 0.3) is 0 Å². The molecule has 1 amide bonds. The second-order valence-corrected chi connectivity index (χ2v) is 3.88. The van der Waals surface area contributed by atoms with Crippen molar-refractivity contribution in [3.8, 4) is 6.07 Å². The van der Waals surface area contributed by atoms with E-state index in [1.165, 1.54) is 0 Å². The molecule has 15 heavy (non-hydrogen) atoms. The summed E-state index contributed by atoms with van der Waals surface area (Å²) in [5.74, 6) is 0.598. The number of nitrogens with zero attached hydrogens (tertiary/aromatic N) is 2. The van der Waals surface area contributed by atoms with Crippen LogP contribution in [0.1, 0.15) is 6.42 Å². The van der Waals surface area contributed by atoms with Crippen LogP contribution in [-0.4, -0.2) is 50.6 Å². The number of carbonyl (C=O) groups is 1. The van der Waals surface area contributed by atoms with Gasteiger partial charge in [-0.2, -0.15) is 5.26 Å². The molecule has 0 aromatic rings. The predicted octanol–water partition coefficient (Wildman–Crippen LogP) is -0.833. The Hall–Kier alpha value is -1.12. The van der Waals surface area contributed by atoms with Gasteiger partial charge in [0.05, 0.1) is 12.6 Å². The van der Waals surface area contributed by atoms with Crippen LogP contribution in [0.3, 0.4) is 0 Å². The van der Waals surface area contributed by atoms with E-state index in [2.05, 4.69) is 15.5 Å². The number of carbonyl (C=O) groups excluding carboxylic acids is 1. The summed E-state index contributed by atoms with van der Waals surface area (Å²) in [4.78, 5) is 13.4. The molecule has 84 valence electrons. The molecular formula is C10H18N4O. The van der Waals surface area contributed by atoms with Crippen molar-refractivity contribution < 1.29 is 4.79 Å². The number of hydrogen-bond donors (Lipinski definition) is 2. The fourth-order valence-electron chi connectivity index (χ4n) is 1.91. The van der Waals surface area contributed by atoms with Gasteiger partial charge in [-0.3, -0.25) is 9.69 Å². The number of nitriles is 1. The molecule has 1 aliphatic rings. The highest BCUT2D eigenvalue weighted by Crippen LogP contribution is 2.14. The average Bonchev–Trinajstić information content (AvgIpc) is 2.63. The lowest BCUT2D eigenvalue weighted by atomic mass is 10.1. The molecule has 1 rings (SSSR count). The summed E-state index contributed by atoms with van der Waals surface area (Å²) < 4.78 is 0. The van der Waals surface area contributed by atoms with E-state index in [1.807, 2.05) is 13.1 Å². The Bertz CT molecular complexity index is 248. The van der Waals surface area contributed by atoms with Gasteiger partial charge in [-0.25, -0.2) is 0 Å². The first-order valence-electron chi connectivity index (χ1n) is 5.27. The highest BCUT2D eigenvalue weighted by atomic mass is 16.2. The van der Waals surface area contributed by atoms with Crippen LogP contribution in [0.2, 0.25) is 0 Å². The fourth-order valence-corrected chi connectivity index (χ4v) is 1.91. The zero-order valence-corrected chi connectivity index (χ0v) is 9.12. The Morgan fingerprint density at radius 1 is 1.67 bits per heavy atom. The standard InChI is InChI=1S/C10H18N4O/c1-12-6-9-2-5-14(7-9)8-10(15)13-4-3-11/h9,12H,2,4-8H2,1H3,(H,13,15). The maximum absolute atomic E-state index is 11.3. The van der Waals surface area contributed by atoms with Crippen LogP contribution in [0.15, 0.2) is 0 Å². The summed E-state index contributed by atoms with van der Waals surface area (Å²) in [5.41, 5.74) is 0. The van der Waals surface area contributed by atoms with Gasteiger partial charge in [-0.15, -0.1) is 0 Å². The smallest absolute Gasteiger partial charge is 0.235 e. The Morgan fingerprint density at radius 2 is 2.47 bits per heavy atom. The van der Waals surface area contributed by atoms with Crippen molar-refractivity contribution in [1.29, 1.82) is 5.26 Å². The summed E-state index contributed by atoms with van der Waals surface area (Å²) in [6.07, 6.45) is 1.15. The Morgan fingerprint density at radius 3 is 3.13 bits per heavy atom. The van der Waals surface area contributed by atoms with Crippen LogP contribution < -0.4 is 10.6 Å². The molecule has 0 aromatic carbocycles. The molecule has 0 aliphatic carbocycles. The average molecular weight is 210 g/mol. The van der Waals surface area contributed by atoms with Crippen LogP contribution in [0.5, 0.6) is 0 Å². The normalized spacial score (nSPS) is 21.2. The van der Waals surface area contributed by atoms with E-state index >= 15 is 0 Å². The molecule has 0 saturated carbocycles. The first kappa shape index (κ1) is 12.0. The Balaban J connectivity index is 2.18. The van der Waals surface area contributed by atoms with E-state index in [0.29, 0.717) is 12.5 Å². The van der Waals surface area contributed by atoms with E-state index in [0.717, 1.165) is 26.1 Å². The van der Waals surface area contributed by atoms with Gasteiger partial charge in [0.2, 0.25) is 5.91 Å². The molecule has 1 heterocycles. The zero-order chi connectivity index (χ0) is 11.1. The van der Waals surface area contributed by atoms with E-state index < -0.39 is 0 Å². The van der Waals surface area contributed by atoms with Crippen molar-refractivity contribution in [1.82, 2.24) is 15.5 Å². The van der Waals surface area contributed by atoms with E-state index in [-0.39, 0.29) is 12.5 Å². The van der Waals surface area contributed by atoms with Crippen molar-refractivity contribution in [3.05, 3.63) is 0 Å². The molecule has 5 nitrogen and oxygen atoms in total. The minimum absolute atomic E-state index is 0.0540. The van der Waals surface area contributed by atoms with Crippen LogP contribution in [0.25, 0.3) is 0 Å². The fraction of sp³-hybridized carbons (Fsp3) is 0.800. The quantitative estimate of drug-likeness (QED) is 0.581. The third kappa shape index (κ3) is 4.28. The molecule has 0 aromatic heterocycles. The largest absolute Gasteiger partial charge is 0.342 e. The Labute approximate surface area is 90.4 Å². The van der Waals surface area contributed by atoms with Crippen molar-refractivity contribution in [2.45, 2.75) is 6.42 Å². The van der Waals surface area contributed by atoms with Crippen molar-refractivity contribution >= 4 is 5.91 Å².